The largest absolute Gasteiger partial charge is 0.494 e. The number of ether oxygens (including phenoxy) is 1. The van der Waals surface area contributed by atoms with Gasteiger partial charge in [0.25, 0.3) is 0 Å². The maximum atomic E-state index is 12.0. The number of aryl methyl sites for hydroxylation is 1. The van der Waals surface area contributed by atoms with E-state index in [4.69, 9.17) is 4.74 Å². The van der Waals surface area contributed by atoms with Crippen molar-refractivity contribution in [2.75, 3.05) is 17.2 Å². The molecule has 2 N–H and O–H groups in total. The van der Waals surface area contributed by atoms with Crippen LogP contribution in [0.5, 0.6) is 5.75 Å². The summed E-state index contributed by atoms with van der Waals surface area (Å²) in [6, 6.07) is 7.11. The van der Waals surface area contributed by atoms with E-state index in [-0.39, 0.29) is 11.9 Å². The summed E-state index contributed by atoms with van der Waals surface area (Å²) in [6.07, 6.45) is 0. The number of amides is 1. The summed E-state index contributed by atoms with van der Waals surface area (Å²) in [5.74, 6) is 0.657. The first kappa shape index (κ1) is 15.2. The maximum absolute atomic E-state index is 12.0. The number of benzene rings is 1. The van der Waals surface area contributed by atoms with Gasteiger partial charge in [-0.1, -0.05) is 11.3 Å². The van der Waals surface area contributed by atoms with Crippen molar-refractivity contribution in [2.45, 2.75) is 26.8 Å². The van der Waals surface area contributed by atoms with Crippen molar-refractivity contribution >= 4 is 28.1 Å². The first-order chi connectivity index (χ1) is 10.1. The van der Waals surface area contributed by atoms with Crippen LogP contribution in [-0.2, 0) is 4.79 Å². The van der Waals surface area contributed by atoms with Gasteiger partial charge in [-0.05, 0) is 45.0 Å². The Balaban J connectivity index is 1.90. The molecule has 1 aromatic heterocycles. The van der Waals surface area contributed by atoms with Gasteiger partial charge < -0.3 is 10.1 Å². The topological polar surface area (TPSA) is 76.1 Å². The van der Waals surface area contributed by atoms with Crippen LogP contribution in [0.3, 0.4) is 0 Å². The highest BCUT2D eigenvalue weighted by Gasteiger charge is 2.14. The fourth-order valence-electron chi connectivity index (χ4n) is 1.69. The third-order valence-corrected chi connectivity index (χ3v) is 3.45. The van der Waals surface area contributed by atoms with Crippen LogP contribution in [0.2, 0.25) is 0 Å². The number of carbonyl (C=O) groups excluding carboxylic acids is 1. The second-order valence-electron chi connectivity index (χ2n) is 4.44. The number of carbonyl (C=O) groups is 1. The Morgan fingerprint density at radius 2 is 2.05 bits per heavy atom. The number of rotatable bonds is 6. The highest BCUT2D eigenvalue weighted by atomic mass is 32.1. The van der Waals surface area contributed by atoms with E-state index in [2.05, 4.69) is 20.8 Å². The quantitative estimate of drug-likeness (QED) is 0.858. The van der Waals surface area contributed by atoms with E-state index in [0.717, 1.165) is 16.4 Å². The summed E-state index contributed by atoms with van der Waals surface area (Å²) in [5, 5.41) is 14.9. The van der Waals surface area contributed by atoms with Crippen LogP contribution in [0.25, 0.3) is 0 Å². The summed E-state index contributed by atoms with van der Waals surface area (Å²) in [4.78, 5) is 12.0. The summed E-state index contributed by atoms with van der Waals surface area (Å²) in [5.41, 5.74) is 0.856. The van der Waals surface area contributed by atoms with E-state index >= 15 is 0 Å². The normalized spacial score (nSPS) is 11.8. The lowest BCUT2D eigenvalue weighted by atomic mass is 10.2. The van der Waals surface area contributed by atoms with Crippen molar-refractivity contribution < 1.29 is 9.53 Å². The molecule has 0 radical (unpaired) electrons. The Bertz CT molecular complexity index is 597. The zero-order chi connectivity index (χ0) is 15.2. The molecule has 0 spiro atoms. The molecule has 1 heterocycles. The average molecular weight is 306 g/mol. The molecule has 2 rings (SSSR count). The van der Waals surface area contributed by atoms with Crippen LogP contribution in [-0.4, -0.2) is 28.8 Å². The van der Waals surface area contributed by atoms with E-state index < -0.39 is 0 Å². The lowest BCUT2D eigenvalue weighted by molar-refractivity contribution is -0.116. The van der Waals surface area contributed by atoms with Crippen LogP contribution in [0, 0.1) is 6.92 Å². The lowest BCUT2D eigenvalue weighted by Crippen LogP contribution is -2.31. The average Bonchev–Trinajstić information content (AvgIpc) is 2.86. The standard InChI is InChI=1S/C14H18N4O2S/c1-4-20-12-7-5-11(6-8-12)15-9(2)13(19)16-14-18-17-10(3)21-14/h5-9,15H,4H2,1-3H3,(H,16,18,19)/t9-/m0/s1. The third-order valence-electron chi connectivity index (χ3n) is 2.70. The Morgan fingerprint density at radius 1 is 1.33 bits per heavy atom. The molecule has 1 aromatic carbocycles. The van der Waals surface area contributed by atoms with Crippen molar-refractivity contribution in [3.63, 3.8) is 0 Å². The molecule has 2 aromatic rings. The lowest BCUT2D eigenvalue weighted by Gasteiger charge is -2.14. The minimum absolute atomic E-state index is 0.153. The van der Waals surface area contributed by atoms with Crippen LogP contribution in [0.1, 0.15) is 18.9 Å². The Hall–Kier alpha value is -2.15. The first-order valence-electron chi connectivity index (χ1n) is 6.69. The monoisotopic (exact) mass is 306 g/mol. The second-order valence-corrected chi connectivity index (χ2v) is 5.62. The van der Waals surface area contributed by atoms with Gasteiger partial charge in [-0.2, -0.15) is 0 Å². The van der Waals surface area contributed by atoms with Gasteiger partial charge in [0.2, 0.25) is 11.0 Å². The zero-order valence-electron chi connectivity index (χ0n) is 12.2. The van der Waals surface area contributed by atoms with Crippen LogP contribution in [0.15, 0.2) is 24.3 Å². The third kappa shape index (κ3) is 4.42. The van der Waals surface area contributed by atoms with Crippen molar-refractivity contribution in [2.24, 2.45) is 0 Å². The number of nitrogens with zero attached hydrogens (tertiary/aromatic N) is 2. The van der Waals surface area contributed by atoms with E-state index in [1.165, 1.54) is 11.3 Å². The molecule has 0 fully saturated rings. The molecule has 0 unspecified atom stereocenters. The van der Waals surface area contributed by atoms with Crippen molar-refractivity contribution in [1.82, 2.24) is 10.2 Å². The molecule has 0 aliphatic carbocycles. The predicted molar refractivity (Wildman–Crippen MR) is 84.0 cm³/mol. The van der Waals surface area contributed by atoms with Crippen molar-refractivity contribution in [3.8, 4) is 5.75 Å². The smallest absolute Gasteiger partial charge is 0.248 e. The fraction of sp³-hybridized carbons (Fsp3) is 0.357. The molecule has 0 saturated heterocycles. The first-order valence-corrected chi connectivity index (χ1v) is 7.50. The maximum Gasteiger partial charge on any atom is 0.248 e. The number of hydrogen-bond acceptors (Lipinski definition) is 6. The molecule has 1 amide bonds. The molecule has 112 valence electrons. The molecule has 21 heavy (non-hydrogen) atoms. The van der Waals surface area contributed by atoms with Gasteiger partial charge in [-0.25, -0.2) is 0 Å². The number of aromatic nitrogens is 2. The van der Waals surface area contributed by atoms with Gasteiger partial charge in [0.15, 0.2) is 0 Å². The van der Waals surface area contributed by atoms with Gasteiger partial charge in [0, 0.05) is 5.69 Å². The van der Waals surface area contributed by atoms with Crippen molar-refractivity contribution in [3.05, 3.63) is 29.3 Å². The van der Waals surface area contributed by atoms with Crippen LogP contribution < -0.4 is 15.4 Å². The molecular weight excluding hydrogens is 288 g/mol. The SMILES string of the molecule is CCOc1ccc(N[C@@H](C)C(=O)Nc2nnc(C)s2)cc1. The minimum atomic E-state index is -0.382. The molecule has 6 nitrogen and oxygen atoms in total. The highest BCUT2D eigenvalue weighted by Crippen LogP contribution is 2.17. The molecular formula is C14H18N4O2S. The molecule has 0 saturated carbocycles. The molecule has 7 heteroatoms. The Morgan fingerprint density at radius 3 is 2.62 bits per heavy atom. The molecule has 0 bridgehead atoms. The van der Waals surface area contributed by atoms with Gasteiger partial charge in [0.05, 0.1) is 6.61 Å². The minimum Gasteiger partial charge on any atom is -0.494 e. The van der Waals surface area contributed by atoms with Gasteiger partial charge in [-0.3, -0.25) is 10.1 Å². The number of nitrogens with one attached hydrogen (secondary N) is 2. The summed E-state index contributed by atoms with van der Waals surface area (Å²) >= 11 is 1.35. The van der Waals surface area contributed by atoms with Gasteiger partial charge >= 0.3 is 0 Å². The summed E-state index contributed by atoms with van der Waals surface area (Å²) in [6.45, 7) is 6.20. The zero-order valence-corrected chi connectivity index (χ0v) is 13.0. The summed E-state index contributed by atoms with van der Waals surface area (Å²) in [7, 11) is 0. The summed E-state index contributed by atoms with van der Waals surface area (Å²) < 4.78 is 5.37. The van der Waals surface area contributed by atoms with Crippen LogP contribution in [0.4, 0.5) is 10.8 Å². The van der Waals surface area contributed by atoms with Gasteiger partial charge in [0.1, 0.15) is 16.8 Å². The molecule has 0 aliphatic rings. The van der Waals surface area contributed by atoms with E-state index in [9.17, 15) is 4.79 Å². The molecule has 1 atom stereocenters. The van der Waals surface area contributed by atoms with Gasteiger partial charge in [-0.15, -0.1) is 10.2 Å². The van der Waals surface area contributed by atoms with E-state index in [0.29, 0.717) is 11.7 Å². The second kappa shape index (κ2) is 7.03. The Kier molecular flexibility index (Phi) is 5.10. The molecule has 0 aliphatic heterocycles. The van der Waals surface area contributed by atoms with E-state index in [1.807, 2.05) is 38.1 Å². The number of hydrogen-bond donors (Lipinski definition) is 2. The van der Waals surface area contributed by atoms with E-state index in [1.54, 1.807) is 6.92 Å². The Labute approximate surface area is 127 Å². The fourth-order valence-corrected chi connectivity index (χ4v) is 2.29. The van der Waals surface area contributed by atoms with Crippen molar-refractivity contribution in [1.29, 1.82) is 0 Å². The predicted octanol–water partition coefficient (Wildman–Crippen LogP) is 2.68. The number of anilines is 2. The van der Waals surface area contributed by atoms with Crippen LogP contribution >= 0.6 is 11.3 Å². The highest BCUT2D eigenvalue weighted by molar-refractivity contribution is 7.15.